The van der Waals surface area contributed by atoms with E-state index in [0.717, 1.165) is 0 Å². The fourth-order valence-corrected chi connectivity index (χ4v) is 3.61. The normalized spacial score (nSPS) is 11.6. The molecule has 1 heterocycles. The van der Waals surface area contributed by atoms with Crippen LogP contribution in [0.3, 0.4) is 0 Å². The second-order valence-corrected chi connectivity index (χ2v) is 7.73. The fraction of sp³-hybridized carbons (Fsp3) is 0.185. The zero-order valence-electron chi connectivity index (χ0n) is 19.2. The van der Waals surface area contributed by atoms with E-state index < -0.39 is 18.0 Å². The molecule has 0 bridgehead atoms. The predicted octanol–water partition coefficient (Wildman–Crippen LogP) is 4.18. The number of amides is 1. The Morgan fingerprint density at radius 3 is 2.49 bits per heavy atom. The van der Waals surface area contributed by atoms with Crippen LogP contribution in [0.1, 0.15) is 30.8 Å². The zero-order chi connectivity index (χ0) is 24.6. The highest BCUT2D eigenvalue weighted by molar-refractivity contribution is 5.97. The average molecular weight is 472 g/mol. The summed E-state index contributed by atoms with van der Waals surface area (Å²) in [7, 11) is 0. The van der Waals surface area contributed by atoms with E-state index in [1.807, 2.05) is 13.0 Å². The van der Waals surface area contributed by atoms with E-state index in [9.17, 15) is 14.4 Å². The van der Waals surface area contributed by atoms with Gasteiger partial charge in [-0.2, -0.15) is 0 Å². The van der Waals surface area contributed by atoms with E-state index >= 15 is 0 Å². The number of hydrogen-bond donors (Lipinski definition) is 2. The van der Waals surface area contributed by atoms with Gasteiger partial charge < -0.3 is 19.8 Å². The number of aromatic nitrogens is 2. The number of aromatic amines is 1. The lowest BCUT2D eigenvalue weighted by molar-refractivity contribution is -0.154. The molecule has 4 aromatic rings. The minimum absolute atomic E-state index is 0.0621. The molecular weight excluding hydrogens is 446 g/mol. The number of H-pyrrole nitrogens is 1. The molecule has 0 aliphatic carbocycles. The first-order chi connectivity index (χ1) is 17.0. The van der Waals surface area contributed by atoms with E-state index in [0.29, 0.717) is 40.3 Å². The Labute approximate surface area is 201 Å². The van der Waals surface area contributed by atoms with Crippen molar-refractivity contribution in [2.45, 2.75) is 25.9 Å². The molecule has 0 spiro atoms. The summed E-state index contributed by atoms with van der Waals surface area (Å²) in [4.78, 5) is 45.3. The number of anilines is 1. The number of nitrogens with one attached hydrogen (secondary N) is 2. The molecule has 0 saturated carbocycles. The van der Waals surface area contributed by atoms with Crippen molar-refractivity contribution in [3.05, 3.63) is 101 Å². The van der Waals surface area contributed by atoms with Gasteiger partial charge in [0.25, 0.3) is 11.5 Å². The van der Waals surface area contributed by atoms with Crippen molar-refractivity contribution in [2.24, 2.45) is 0 Å². The van der Waals surface area contributed by atoms with Crippen LogP contribution >= 0.6 is 0 Å². The molecule has 0 radical (unpaired) electrons. The number of rotatable bonds is 9. The van der Waals surface area contributed by atoms with Crippen LogP contribution in [0.25, 0.3) is 10.9 Å². The molecule has 1 atom stereocenters. The summed E-state index contributed by atoms with van der Waals surface area (Å²) in [5.74, 6) is -0.207. The van der Waals surface area contributed by atoms with Crippen molar-refractivity contribution < 1.29 is 19.1 Å². The van der Waals surface area contributed by atoms with Gasteiger partial charge in [-0.05, 0) is 31.2 Å². The van der Waals surface area contributed by atoms with Crippen LogP contribution in [0.15, 0.2) is 83.7 Å². The topological polar surface area (TPSA) is 110 Å². The first kappa shape index (κ1) is 23.7. The predicted molar refractivity (Wildman–Crippen MR) is 132 cm³/mol. The lowest BCUT2D eigenvalue weighted by Crippen LogP contribution is -2.26. The quantitative estimate of drug-likeness (QED) is 0.355. The van der Waals surface area contributed by atoms with Crippen molar-refractivity contribution >= 4 is 28.5 Å². The lowest BCUT2D eigenvalue weighted by atomic mass is 10.1. The van der Waals surface area contributed by atoms with Crippen LogP contribution in [0, 0.1) is 0 Å². The van der Waals surface area contributed by atoms with E-state index in [1.54, 1.807) is 72.8 Å². The van der Waals surface area contributed by atoms with Crippen molar-refractivity contribution in [1.82, 2.24) is 9.97 Å². The van der Waals surface area contributed by atoms with Gasteiger partial charge in [-0.15, -0.1) is 0 Å². The number of ether oxygens (including phenoxy) is 2. The number of fused-ring (bicyclic) bond motifs is 1. The number of esters is 1. The maximum Gasteiger partial charge on any atom is 0.307 e. The highest BCUT2D eigenvalue weighted by Gasteiger charge is 2.26. The van der Waals surface area contributed by atoms with Crippen LogP contribution in [0.5, 0.6) is 5.75 Å². The molecule has 3 aromatic carbocycles. The van der Waals surface area contributed by atoms with Gasteiger partial charge in [0.1, 0.15) is 11.6 Å². The highest BCUT2D eigenvalue weighted by atomic mass is 16.5. The maximum atomic E-state index is 13.2. The molecule has 0 aliphatic rings. The number of para-hydroxylation sites is 3. The second-order valence-electron chi connectivity index (χ2n) is 7.73. The van der Waals surface area contributed by atoms with Gasteiger partial charge in [0.15, 0.2) is 0 Å². The third-order valence-corrected chi connectivity index (χ3v) is 5.26. The summed E-state index contributed by atoms with van der Waals surface area (Å²) >= 11 is 0. The van der Waals surface area contributed by atoms with Crippen molar-refractivity contribution in [3.63, 3.8) is 0 Å². The molecule has 8 heteroatoms. The Morgan fingerprint density at radius 2 is 1.69 bits per heavy atom. The summed E-state index contributed by atoms with van der Waals surface area (Å²) in [5.41, 5.74) is 1.29. The van der Waals surface area contributed by atoms with E-state index in [4.69, 9.17) is 9.47 Å². The van der Waals surface area contributed by atoms with Gasteiger partial charge in [-0.1, -0.05) is 54.6 Å². The van der Waals surface area contributed by atoms with Gasteiger partial charge in [0.05, 0.1) is 29.6 Å². The first-order valence-corrected chi connectivity index (χ1v) is 11.3. The zero-order valence-corrected chi connectivity index (χ0v) is 19.2. The third kappa shape index (κ3) is 5.92. The van der Waals surface area contributed by atoms with E-state index in [2.05, 4.69) is 15.3 Å². The monoisotopic (exact) mass is 471 g/mol. The minimum atomic E-state index is -1.16. The van der Waals surface area contributed by atoms with Crippen LogP contribution < -0.4 is 15.6 Å². The molecule has 35 heavy (non-hydrogen) atoms. The number of carbonyl (C=O) groups is 2. The molecule has 1 aromatic heterocycles. The Bertz CT molecular complexity index is 1380. The molecular formula is C27H25N3O5. The van der Waals surface area contributed by atoms with Crippen LogP contribution in [0.2, 0.25) is 0 Å². The summed E-state index contributed by atoms with van der Waals surface area (Å²) in [6.07, 6.45) is -1.06. The smallest absolute Gasteiger partial charge is 0.307 e. The number of benzene rings is 3. The Balaban J connectivity index is 1.48. The summed E-state index contributed by atoms with van der Waals surface area (Å²) in [6.45, 7) is 2.29. The number of hydrogen-bond acceptors (Lipinski definition) is 6. The molecule has 1 amide bonds. The molecule has 2 N–H and O–H groups in total. The maximum absolute atomic E-state index is 13.2. The summed E-state index contributed by atoms with van der Waals surface area (Å²) in [5, 5.41) is 3.28. The van der Waals surface area contributed by atoms with Crippen molar-refractivity contribution in [3.8, 4) is 5.75 Å². The number of aryl methyl sites for hydroxylation is 1. The lowest BCUT2D eigenvalue weighted by Gasteiger charge is -2.19. The van der Waals surface area contributed by atoms with Crippen LogP contribution in [0.4, 0.5) is 5.69 Å². The molecule has 178 valence electrons. The summed E-state index contributed by atoms with van der Waals surface area (Å²) < 4.78 is 11.2. The molecule has 0 saturated heterocycles. The standard InChI is InChI=1S/C27H25N3O5/c1-2-34-22-15-9-8-14-21(22)29-27(33)25(18-10-4-3-5-11-18)35-24(31)17-16-23-28-20-13-7-6-12-19(20)26(32)30-23/h3-15,25H,2,16-17H2,1H3,(H,29,33)(H,28,30,32)/t25-/m0/s1. The minimum Gasteiger partial charge on any atom is -0.492 e. The Morgan fingerprint density at radius 1 is 0.971 bits per heavy atom. The molecule has 0 aliphatic heterocycles. The van der Waals surface area contributed by atoms with Gasteiger partial charge in [0, 0.05) is 12.0 Å². The van der Waals surface area contributed by atoms with Gasteiger partial charge in [0.2, 0.25) is 6.10 Å². The second kappa shape index (κ2) is 11.1. The molecule has 8 nitrogen and oxygen atoms in total. The summed E-state index contributed by atoms with van der Waals surface area (Å²) in [6, 6.07) is 22.8. The van der Waals surface area contributed by atoms with Gasteiger partial charge in [-0.25, -0.2) is 4.98 Å². The Hall–Kier alpha value is -4.46. The molecule has 4 rings (SSSR count). The van der Waals surface area contributed by atoms with Gasteiger partial charge >= 0.3 is 5.97 Å². The van der Waals surface area contributed by atoms with Gasteiger partial charge in [-0.3, -0.25) is 14.4 Å². The fourth-order valence-electron chi connectivity index (χ4n) is 3.61. The Kier molecular flexibility index (Phi) is 7.52. The van der Waals surface area contributed by atoms with E-state index in [-0.39, 0.29) is 18.4 Å². The van der Waals surface area contributed by atoms with Crippen molar-refractivity contribution in [1.29, 1.82) is 0 Å². The largest absolute Gasteiger partial charge is 0.492 e. The number of carbonyl (C=O) groups excluding carboxylic acids is 2. The SMILES string of the molecule is CCOc1ccccc1NC(=O)[C@@H](OC(=O)CCc1nc2ccccc2c(=O)[nH]1)c1ccccc1. The third-order valence-electron chi connectivity index (χ3n) is 5.26. The average Bonchev–Trinajstić information content (AvgIpc) is 2.88. The van der Waals surface area contributed by atoms with Crippen LogP contribution in [-0.2, 0) is 20.7 Å². The number of nitrogens with zero attached hydrogens (tertiary/aromatic N) is 1. The highest BCUT2D eigenvalue weighted by Crippen LogP contribution is 2.27. The van der Waals surface area contributed by atoms with Crippen LogP contribution in [-0.4, -0.2) is 28.5 Å². The first-order valence-electron chi connectivity index (χ1n) is 11.3. The molecule has 0 unspecified atom stereocenters. The van der Waals surface area contributed by atoms with E-state index in [1.165, 1.54) is 0 Å². The molecule has 0 fully saturated rings. The van der Waals surface area contributed by atoms with Crippen molar-refractivity contribution in [2.75, 3.05) is 11.9 Å².